The summed E-state index contributed by atoms with van der Waals surface area (Å²) in [5.41, 5.74) is 2.62. The second-order valence-corrected chi connectivity index (χ2v) is 14.0. The van der Waals surface area contributed by atoms with Gasteiger partial charge < -0.3 is 23.7 Å². The van der Waals surface area contributed by atoms with Crippen LogP contribution in [0.1, 0.15) is 16.1 Å². The Balaban J connectivity index is 1.05. The van der Waals surface area contributed by atoms with E-state index in [1.165, 1.54) is 44.6 Å². The van der Waals surface area contributed by atoms with Gasteiger partial charge in [0.1, 0.15) is 22.9 Å². The number of amides is 1. The normalized spacial score (nSPS) is 14.0. The Morgan fingerprint density at radius 1 is 0.882 bits per heavy atom. The number of halogens is 3. The number of carbonyl (C=O) groups excluding carboxylic acids is 1. The van der Waals surface area contributed by atoms with Crippen molar-refractivity contribution >= 4 is 32.5 Å². The van der Waals surface area contributed by atoms with Crippen molar-refractivity contribution in [3.05, 3.63) is 102 Å². The van der Waals surface area contributed by atoms with Crippen molar-refractivity contribution in [2.24, 2.45) is 7.05 Å². The van der Waals surface area contributed by atoms with Crippen LogP contribution in [0, 0.1) is 0 Å². The molecule has 3 heterocycles. The van der Waals surface area contributed by atoms with E-state index in [1.54, 1.807) is 42.5 Å². The summed E-state index contributed by atoms with van der Waals surface area (Å²) in [6.07, 6.45) is -2.97. The predicted molar refractivity (Wildman–Crippen MR) is 185 cm³/mol. The van der Waals surface area contributed by atoms with Gasteiger partial charge in [0, 0.05) is 64.3 Å². The van der Waals surface area contributed by atoms with Crippen molar-refractivity contribution < 1.29 is 40.6 Å². The van der Waals surface area contributed by atoms with Gasteiger partial charge in [-0.15, -0.1) is 0 Å². The molecule has 0 radical (unpaired) electrons. The highest BCUT2D eigenvalue weighted by molar-refractivity contribution is 7.92. The number of piperazine rings is 1. The number of benzene rings is 3. The van der Waals surface area contributed by atoms with Gasteiger partial charge in [0.2, 0.25) is 5.88 Å². The number of carbonyl (C=O) groups is 1. The molecule has 1 aliphatic rings. The van der Waals surface area contributed by atoms with Gasteiger partial charge in [0.25, 0.3) is 15.9 Å². The van der Waals surface area contributed by atoms with Gasteiger partial charge in [0.05, 0.1) is 29.4 Å². The first-order valence-corrected chi connectivity index (χ1v) is 17.4. The van der Waals surface area contributed by atoms with E-state index < -0.39 is 22.8 Å². The molecule has 0 unspecified atom stereocenters. The third kappa shape index (κ3) is 8.21. The van der Waals surface area contributed by atoms with Crippen LogP contribution in [-0.4, -0.2) is 86.8 Å². The Bertz CT molecular complexity index is 2100. The summed E-state index contributed by atoms with van der Waals surface area (Å²) in [6.45, 7) is 1.63. The Hall–Kier alpha value is -5.28. The number of hydrogen-bond acceptors (Lipinski definition) is 8. The van der Waals surface area contributed by atoms with Crippen LogP contribution in [0.4, 0.5) is 18.9 Å². The van der Waals surface area contributed by atoms with Crippen molar-refractivity contribution in [3.8, 4) is 23.1 Å². The molecule has 51 heavy (non-hydrogen) atoms. The first-order chi connectivity index (χ1) is 24.3. The summed E-state index contributed by atoms with van der Waals surface area (Å²) in [7, 11) is 0.958. The fourth-order valence-corrected chi connectivity index (χ4v) is 6.93. The van der Waals surface area contributed by atoms with E-state index in [2.05, 4.69) is 9.88 Å². The maximum atomic E-state index is 13.6. The van der Waals surface area contributed by atoms with Crippen molar-refractivity contribution in [1.29, 1.82) is 0 Å². The minimum atomic E-state index is -4.39. The molecule has 1 amide bonds. The highest BCUT2D eigenvalue weighted by Gasteiger charge is 2.29. The number of hydrogen-bond donors (Lipinski definition) is 0. The fraction of sp³-hybridized carbons (Fsp3) is 0.278. The SMILES string of the molecule is COc1ccc(S(=O)(=O)N(C)c2ccc(Oc3ccc4cc(C(=O)N5CCN(Cc6ccc(OCC(F)(F)F)cc6)CC5)n(C)c4c3)nc2)cc1. The number of sulfonamides is 1. The third-order valence-corrected chi connectivity index (χ3v) is 10.5. The molecule has 0 N–H and O–H groups in total. The number of pyridine rings is 1. The standard InChI is InChI=1S/C36H36F3N5O6S/c1-41-32-21-30(50-34-15-7-27(22-40-34)42(2)51(46,47)31-13-11-28(48-3)12-14-31)10-6-26(32)20-33(41)35(45)44-18-16-43(17-19-44)23-25-4-8-29(9-5-25)49-24-36(37,38)39/h4-15,20-22H,16-19,23-24H2,1-3H3. The van der Waals surface area contributed by atoms with E-state index in [1.807, 2.05) is 34.7 Å². The van der Waals surface area contributed by atoms with Gasteiger partial charge in [-0.05, 0) is 66.2 Å². The third-order valence-electron chi connectivity index (χ3n) is 8.65. The molecule has 3 aromatic carbocycles. The van der Waals surface area contributed by atoms with Crippen molar-refractivity contribution in [2.75, 3.05) is 51.2 Å². The van der Waals surface area contributed by atoms with Crippen LogP contribution in [-0.2, 0) is 23.6 Å². The van der Waals surface area contributed by atoms with Crippen LogP contribution in [0.3, 0.4) is 0 Å². The Labute approximate surface area is 293 Å². The molecule has 15 heteroatoms. The van der Waals surface area contributed by atoms with Crippen molar-refractivity contribution in [2.45, 2.75) is 17.6 Å². The molecular formula is C36H36F3N5O6S. The summed E-state index contributed by atoms with van der Waals surface area (Å²) in [6, 6.07) is 23.2. The van der Waals surface area contributed by atoms with Crippen molar-refractivity contribution in [3.63, 3.8) is 0 Å². The summed E-state index contributed by atoms with van der Waals surface area (Å²) in [4.78, 5) is 22.0. The topological polar surface area (TPSA) is 106 Å². The van der Waals surface area contributed by atoms with Gasteiger partial charge >= 0.3 is 6.18 Å². The minimum Gasteiger partial charge on any atom is -0.497 e. The lowest BCUT2D eigenvalue weighted by Crippen LogP contribution is -2.48. The molecule has 11 nitrogen and oxygen atoms in total. The van der Waals surface area contributed by atoms with E-state index in [4.69, 9.17) is 14.2 Å². The number of methoxy groups -OCH3 is 1. The number of fused-ring (bicyclic) bond motifs is 1. The average Bonchev–Trinajstić information content (AvgIpc) is 3.46. The molecule has 6 rings (SSSR count). The van der Waals surface area contributed by atoms with Gasteiger partial charge in [-0.1, -0.05) is 12.1 Å². The molecule has 0 aliphatic carbocycles. The Morgan fingerprint density at radius 3 is 2.18 bits per heavy atom. The zero-order valence-electron chi connectivity index (χ0n) is 28.1. The quantitative estimate of drug-likeness (QED) is 0.161. The second-order valence-electron chi connectivity index (χ2n) is 12.0. The zero-order valence-corrected chi connectivity index (χ0v) is 28.9. The molecule has 2 aromatic heterocycles. The summed E-state index contributed by atoms with van der Waals surface area (Å²) >= 11 is 0. The molecule has 1 aliphatic heterocycles. The van der Waals surface area contributed by atoms with Gasteiger partial charge in [0.15, 0.2) is 6.61 Å². The number of aromatic nitrogens is 2. The van der Waals surface area contributed by atoms with Gasteiger partial charge in [-0.3, -0.25) is 14.0 Å². The molecule has 0 atom stereocenters. The maximum absolute atomic E-state index is 13.6. The van der Waals surface area contributed by atoms with Crippen LogP contribution >= 0.6 is 0 Å². The lowest BCUT2D eigenvalue weighted by Gasteiger charge is -2.34. The molecule has 0 bridgehead atoms. The van der Waals surface area contributed by atoms with E-state index in [9.17, 15) is 26.4 Å². The highest BCUT2D eigenvalue weighted by Crippen LogP contribution is 2.30. The number of nitrogens with zero attached hydrogens (tertiary/aromatic N) is 5. The molecule has 0 saturated carbocycles. The van der Waals surface area contributed by atoms with Gasteiger partial charge in [-0.2, -0.15) is 13.2 Å². The van der Waals surface area contributed by atoms with Crippen LogP contribution < -0.4 is 18.5 Å². The lowest BCUT2D eigenvalue weighted by molar-refractivity contribution is -0.153. The first-order valence-electron chi connectivity index (χ1n) is 16.0. The lowest BCUT2D eigenvalue weighted by atomic mass is 10.2. The molecule has 268 valence electrons. The number of anilines is 1. The highest BCUT2D eigenvalue weighted by atomic mass is 32.2. The summed E-state index contributed by atoms with van der Waals surface area (Å²) in [5.74, 6) is 1.39. The zero-order chi connectivity index (χ0) is 36.3. The average molecular weight is 724 g/mol. The summed E-state index contributed by atoms with van der Waals surface area (Å²) in [5, 5.41) is 0.864. The largest absolute Gasteiger partial charge is 0.497 e. The molecular weight excluding hydrogens is 687 g/mol. The number of alkyl halides is 3. The molecule has 1 fully saturated rings. The van der Waals surface area contributed by atoms with E-state index >= 15 is 0 Å². The monoisotopic (exact) mass is 723 g/mol. The fourth-order valence-electron chi connectivity index (χ4n) is 5.75. The smallest absolute Gasteiger partial charge is 0.422 e. The number of aryl methyl sites for hydroxylation is 1. The Morgan fingerprint density at radius 2 is 1.55 bits per heavy atom. The predicted octanol–water partition coefficient (Wildman–Crippen LogP) is 6.10. The molecule has 1 saturated heterocycles. The first kappa shape index (κ1) is 35.5. The number of ether oxygens (including phenoxy) is 3. The number of rotatable bonds is 11. The van der Waals surface area contributed by atoms with E-state index in [0.29, 0.717) is 55.6 Å². The Kier molecular flexibility index (Phi) is 10.1. The van der Waals surface area contributed by atoms with Crippen LogP contribution in [0.15, 0.2) is 96.0 Å². The van der Waals surface area contributed by atoms with Crippen LogP contribution in [0.5, 0.6) is 23.1 Å². The van der Waals surface area contributed by atoms with Crippen LogP contribution in [0.25, 0.3) is 10.9 Å². The molecule has 0 spiro atoms. The van der Waals surface area contributed by atoms with Crippen LogP contribution in [0.2, 0.25) is 0 Å². The molecule has 5 aromatic rings. The summed E-state index contributed by atoms with van der Waals surface area (Å²) < 4.78 is 82.3. The second kappa shape index (κ2) is 14.5. The van der Waals surface area contributed by atoms with Crippen molar-refractivity contribution in [1.82, 2.24) is 19.4 Å². The van der Waals surface area contributed by atoms with E-state index in [0.717, 1.165) is 20.8 Å². The maximum Gasteiger partial charge on any atom is 0.422 e. The van der Waals surface area contributed by atoms with Gasteiger partial charge in [-0.25, -0.2) is 13.4 Å². The van der Waals surface area contributed by atoms with E-state index in [-0.39, 0.29) is 22.4 Å². The minimum absolute atomic E-state index is 0.0899.